The first-order chi connectivity index (χ1) is 4.43. The maximum absolute atomic E-state index is 3.23. The Hall–Kier alpha value is -0.300. The van der Waals surface area contributed by atoms with Crippen LogP contribution in [-0.2, 0) is 0 Å². The second-order valence-electron chi connectivity index (χ2n) is 1.98. The van der Waals surface area contributed by atoms with Gasteiger partial charge in [0.1, 0.15) is 0 Å². The number of halogens is 1. The highest BCUT2D eigenvalue weighted by atomic mass is 79.9. The topological polar surface area (TPSA) is 0 Å². The van der Waals surface area contributed by atoms with Gasteiger partial charge in [-0.2, -0.15) is 0 Å². The summed E-state index contributed by atoms with van der Waals surface area (Å²) in [5.41, 5.74) is 1.30. The summed E-state index contributed by atoms with van der Waals surface area (Å²) < 4.78 is 0. The van der Waals surface area contributed by atoms with Crippen LogP contribution in [0.5, 0.6) is 0 Å². The molecule has 0 saturated heterocycles. The SMILES string of the molecule is Br/C=C\C1=CCCC=C1. The molecule has 0 heterocycles. The monoisotopic (exact) mass is 184 g/mol. The van der Waals surface area contributed by atoms with E-state index < -0.39 is 0 Å². The largest absolute Gasteiger partial charge is 0.0836 e. The van der Waals surface area contributed by atoms with Crippen LogP contribution in [0.25, 0.3) is 0 Å². The molecule has 1 aliphatic carbocycles. The predicted molar refractivity (Wildman–Crippen MR) is 44.5 cm³/mol. The Balaban J connectivity index is 2.58. The van der Waals surface area contributed by atoms with Gasteiger partial charge in [-0.05, 0) is 29.5 Å². The number of hydrogen-bond donors (Lipinski definition) is 0. The Bertz CT molecular complexity index is 159. The second kappa shape index (κ2) is 3.67. The van der Waals surface area contributed by atoms with Crippen molar-refractivity contribution >= 4 is 15.9 Å². The molecule has 48 valence electrons. The zero-order chi connectivity index (χ0) is 6.53. The molecule has 0 fully saturated rings. The van der Waals surface area contributed by atoms with Gasteiger partial charge in [-0.15, -0.1) is 0 Å². The zero-order valence-corrected chi connectivity index (χ0v) is 6.76. The average molecular weight is 185 g/mol. The third-order valence-electron chi connectivity index (χ3n) is 1.28. The molecule has 0 bridgehead atoms. The molecule has 0 aromatic heterocycles. The van der Waals surface area contributed by atoms with Crippen LogP contribution in [0.1, 0.15) is 12.8 Å². The van der Waals surface area contributed by atoms with E-state index in [9.17, 15) is 0 Å². The summed E-state index contributed by atoms with van der Waals surface area (Å²) in [4.78, 5) is 1.88. The van der Waals surface area contributed by atoms with Gasteiger partial charge in [-0.25, -0.2) is 0 Å². The smallest absolute Gasteiger partial charge is 0.0183 e. The van der Waals surface area contributed by atoms with Gasteiger partial charge in [0.05, 0.1) is 0 Å². The fraction of sp³-hybridized carbons (Fsp3) is 0.250. The summed E-state index contributed by atoms with van der Waals surface area (Å²) >= 11 is 3.23. The van der Waals surface area contributed by atoms with Crippen LogP contribution < -0.4 is 0 Å². The lowest BCUT2D eigenvalue weighted by Crippen LogP contribution is -1.78. The van der Waals surface area contributed by atoms with Crippen molar-refractivity contribution in [2.75, 3.05) is 0 Å². The summed E-state index contributed by atoms with van der Waals surface area (Å²) in [6, 6.07) is 0. The number of hydrogen-bond acceptors (Lipinski definition) is 0. The zero-order valence-electron chi connectivity index (χ0n) is 5.18. The lowest BCUT2D eigenvalue weighted by molar-refractivity contribution is 1.03. The van der Waals surface area contributed by atoms with E-state index in [0.717, 1.165) is 0 Å². The average Bonchev–Trinajstić information content (AvgIpc) is 1.91. The van der Waals surface area contributed by atoms with Crippen LogP contribution >= 0.6 is 15.9 Å². The minimum absolute atomic E-state index is 1.18. The van der Waals surface area contributed by atoms with E-state index in [2.05, 4.69) is 40.2 Å². The van der Waals surface area contributed by atoms with Gasteiger partial charge in [0.25, 0.3) is 0 Å². The first kappa shape index (κ1) is 6.81. The van der Waals surface area contributed by atoms with Crippen molar-refractivity contribution in [3.63, 3.8) is 0 Å². The molecule has 0 aromatic rings. The maximum atomic E-state index is 3.23. The quantitative estimate of drug-likeness (QED) is 0.588. The molecule has 0 nitrogen and oxygen atoms in total. The van der Waals surface area contributed by atoms with Crippen LogP contribution in [0.3, 0.4) is 0 Å². The molecule has 1 heteroatoms. The Labute approximate surface area is 64.1 Å². The standard InChI is InChI=1S/C8H9Br/c9-7-6-8-4-2-1-3-5-8/h2,4-7H,1,3H2/b7-6-. The minimum Gasteiger partial charge on any atom is -0.0836 e. The van der Waals surface area contributed by atoms with Gasteiger partial charge in [0.15, 0.2) is 0 Å². The molecule has 0 saturated carbocycles. The van der Waals surface area contributed by atoms with Crippen molar-refractivity contribution in [2.45, 2.75) is 12.8 Å². The van der Waals surface area contributed by atoms with E-state index in [4.69, 9.17) is 0 Å². The molecule has 0 aromatic carbocycles. The first-order valence-electron chi connectivity index (χ1n) is 3.07. The summed E-state index contributed by atoms with van der Waals surface area (Å²) in [5.74, 6) is 0. The summed E-state index contributed by atoms with van der Waals surface area (Å²) in [5, 5.41) is 0. The Morgan fingerprint density at radius 3 is 2.89 bits per heavy atom. The number of allylic oxidation sites excluding steroid dienone is 5. The third-order valence-corrected chi connectivity index (χ3v) is 1.54. The van der Waals surface area contributed by atoms with Gasteiger partial charge in [-0.1, -0.05) is 34.2 Å². The van der Waals surface area contributed by atoms with Crippen LogP contribution in [-0.4, -0.2) is 0 Å². The molecule has 0 atom stereocenters. The van der Waals surface area contributed by atoms with E-state index in [1.807, 2.05) is 4.99 Å². The minimum atomic E-state index is 1.18. The van der Waals surface area contributed by atoms with Gasteiger partial charge in [-0.3, -0.25) is 0 Å². The van der Waals surface area contributed by atoms with E-state index >= 15 is 0 Å². The van der Waals surface area contributed by atoms with E-state index in [-0.39, 0.29) is 0 Å². The van der Waals surface area contributed by atoms with E-state index in [1.54, 1.807) is 0 Å². The summed E-state index contributed by atoms with van der Waals surface area (Å²) in [6.45, 7) is 0. The summed E-state index contributed by atoms with van der Waals surface area (Å²) in [7, 11) is 0. The normalized spacial score (nSPS) is 18.6. The highest BCUT2D eigenvalue weighted by Gasteiger charge is 1.89. The highest BCUT2D eigenvalue weighted by molar-refractivity contribution is 9.11. The molecule has 1 aliphatic rings. The number of rotatable bonds is 1. The fourth-order valence-corrected chi connectivity index (χ4v) is 1.14. The van der Waals surface area contributed by atoms with Gasteiger partial charge >= 0.3 is 0 Å². The highest BCUT2D eigenvalue weighted by Crippen LogP contribution is 2.10. The Kier molecular flexibility index (Phi) is 2.78. The summed E-state index contributed by atoms with van der Waals surface area (Å²) in [6.07, 6.45) is 11.0. The Morgan fingerprint density at radius 2 is 2.33 bits per heavy atom. The van der Waals surface area contributed by atoms with Crippen molar-refractivity contribution < 1.29 is 0 Å². The maximum Gasteiger partial charge on any atom is -0.0183 e. The van der Waals surface area contributed by atoms with Crippen molar-refractivity contribution in [2.24, 2.45) is 0 Å². The molecular formula is C8H9Br. The first-order valence-corrected chi connectivity index (χ1v) is 3.98. The van der Waals surface area contributed by atoms with Crippen molar-refractivity contribution in [3.05, 3.63) is 34.9 Å². The van der Waals surface area contributed by atoms with Crippen LogP contribution in [0.4, 0.5) is 0 Å². The van der Waals surface area contributed by atoms with Crippen LogP contribution in [0, 0.1) is 0 Å². The molecule has 0 aliphatic heterocycles. The molecule has 0 spiro atoms. The molecule has 1 rings (SSSR count). The van der Waals surface area contributed by atoms with Gasteiger partial charge in [0.2, 0.25) is 0 Å². The molecule has 0 N–H and O–H groups in total. The fourth-order valence-electron chi connectivity index (χ4n) is 0.830. The van der Waals surface area contributed by atoms with Crippen molar-refractivity contribution in [1.82, 2.24) is 0 Å². The Morgan fingerprint density at radius 1 is 1.44 bits per heavy atom. The third kappa shape index (κ3) is 2.19. The molecule has 0 unspecified atom stereocenters. The van der Waals surface area contributed by atoms with Crippen molar-refractivity contribution in [3.8, 4) is 0 Å². The van der Waals surface area contributed by atoms with Gasteiger partial charge in [0, 0.05) is 0 Å². The molecular weight excluding hydrogens is 176 g/mol. The van der Waals surface area contributed by atoms with Crippen molar-refractivity contribution in [1.29, 1.82) is 0 Å². The van der Waals surface area contributed by atoms with Crippen LogP contribution in [0.2, 0.25) is 0 Å². The lowest BCUT2D eigenvalue weighted by atomic mass is 10.1. The van der Waals surface area contributed by atoms with E-state index in [0.29, 0.717) is 0 Å². The van der Waals surface area contributed by atoms with Gasteiger partial charge < -0.3 is 0 Å². The molecule has 0 amide bonds. The van der Waals surface area contributed by atoms with Crippen LogP contribution in [0.15, 0.2) is 34.9 Å². The predicted octanol–water partition coefficient (Wildman–Crippen LogP) is 3.17. The molecule has 0 radical (unpaired) electrons. The lowest BCUT2D eigenvalue weighted by Gasteiger charge is -1.98. The van der Waals surface area contributed by atoms with E-state index in [1.165, 1.54) is 18.4 Å². The second-order valence-corrected chi connectivity index (χ2v) is 2.51. The molecule has 9 heavy (non-hydrogen) atoms.